The summed E-state index contributed by atoms with van der Waals surface area (Å²) >= 11 is 0. The summed E-state index contributed by atoms with van der Waals surface area (Å²) < 4.78 is 1.75. The minimum Gasteiger partial charge on any atom is -0.380 e. The van der Waals surface area contributed by atoms with Crippen LogP contribution in [0.1, 0.15) is 12.8 Å². The van der Waals surface area contributed by atoms with E-state index in [1.807, 2.05) is 13.2 Å². The lowest BCUT2D eigenvalue weighted by Gasteiger charge is -2.10. The van der Waals surface area contributed by atoms with E-state index in [0.29, 0.717) is 6.42 Å². The Morgan fingerprint density at radius 2 is 2.64 bits per heavy atom. The molecule has 2 heterocycles. The summed E-state index contributed by atoms with van der Waals surface area (Å²) in [6, 6.07) is 0.266. The number of carbonyl (C=O) groups excluding carboxylic acids is 1. The van der Waals surface area contributed by atoms with E-state index in [2.05, 4.69) is 15.7 Å². The van der Waals surface area contributed by atoms with Crippen LogP contribution in [0.5, 0.6) is 0 Å². The monoisotopic (exact) mass is 194 g/mol. The highest BCUT2D eigenvalue weighted by Gasteiger charge is 2.19. The molecule has 0 spiro atoms. The highest BCUT2D eigenvalue weighted by Crippen LogP contribution is 2.09. The summed E-state index contributed by atoms with van der Waals surface area (Å²) in [7, 11) is 1.88. The normalized spacial score (nSPS) is 20.9. The quantitative estimate of drug-likeness (QED) is 0.718. The van der Waals surface area contributed by atoms with Gasteiger partial charge in [-0.15, -0.1) is 0 Å². The highest BCUT2D eigenvalue weighted by atomic mass is 16.1. The van der Waals surface area contributed by atoms with Crippen LogP contribution in [-0.4, -0.2) is 28.3 Å². The van der Waals surface area contributed by atoms with Crippen molar-refractivity contribution in [2.45, 2.75) is 18.9 Å². The molecule has 1 aliphatic heterocycles. The van der Waals surface area contributed by atoms with Crippen LogP contribution in [0.15, 0.2) is 12.4 Å². The second kappa shape index (κ2) is 3.69. The number of amides is 1. The molecule has 76 valence electrons. The van der Waals surface area contributed by atoms with Gasteiger partial charge in [0.15, 0.2) is 0 Å². The predicted molar refractivity (Wildman–Crippen MR) is 52.9 cm³/mol. The number of hydrogen-bond acceptors (Lipinski definition) is 3. The molecule has 0 bridgehead atoms. The van der Waals surface area contributed by atoms with E-state index in [1.165, 1.54) is 0 Å². The van der Waals surface area contributed by atoms with Crippen molar-refractivity contribution < 1.29 is 4.79 Å². The van der Waals surface area contributed by atoms with E-state index in [9.17, 15) is 4.79 Å². The average Bonchev–Trinajstić information content (AvgIpc) is 2.72. The Labute approximate surface area is 82.5 Å². The van der Waals surface area contributed by atoms with Gasteiger partial charge in [-0.05, 0) is 6.42 Å². The van der Waals surface area contributed by atoms with E-state index >= 15 is 0 Å². The molecule has 2 rings (SSSR count). The number of aryl methyl sites for hydroxylation is 1. The molecule has 0 aliphatic carbocycles. The SMILES string of the molecule is Cn1cc(NCC2CCC(=O)N2)cn1. The third-order valence-corrected chi connectivity index (χ3v) is 2.34. The molecule has 1 atom stereocenters. The number of nitrogens with one attached hydrogen (secondary N) is 2. The Hall–Kier alpha value is -1.52. The van der Waals surface area contributed by atoms with Crippen LogP contribution in [-0.2, 0) is 11.8 Å². The second-order valence-electron chi connectivity index (χ2n) is 3.59. The fraction of sp³-hybridized carbons (Fsp3) is 0.556. The third-order valence-electron chi connectivity index (χ3n) is 2.34. The summed E-state index contributed by atoms with van der Waals surface area (Å²) in [5.74, 6) is 0.156. The molecule has 2 N–H and O–H groups in total. The summed E-state index contributed by atoms with van der Waals surface area (Å²) in [6.07, 6.45) is 5.26. The van der Waals surface area contributed by atoms with E-state index in [0.717, 1.165) is 18.7 Å². The van der Waals surface area contributed by atoms with Gasteiger partial charge in [0.25, 0.3) is 0 Å². The van der Waals surface area contributed by atoms with Crippen LogP contribution >= 0.6 is 0 Å². The van der Waals surface area contributed by atoms with Crippen molar-refractivity contribution >= 4 is 11.6 Å². The molecule has 0 saturated carbocycles. The molecule has 1 aliphatic rings. The number of nitrogens with zero attached hydrogens (tertiary/aromatic N) is 2. The zero-order valence-electron chi connectivity index (χ0n) is 8.16. The van der Waals surface area contributed by atoms with Gasteiger partial charge in [0.2, 0.25) is 5.91 Å². The molecule has 0 aromatic carbocycles. The lowest BCUT2D eigenvalue weighted by atomic mass is 10.2. The average molecular weight is 194 g/mol. The van der Waals surface area contributed by atoms with Gasteiger partial charge in [-0.1, -0.05) is 0 Å². The Morgan fingerprint density at radius 1 is 1.79 bits per heavy atom. The predicted octanol–water partition coefficient (Wildman–Crippen LogP) is 0.111. The van der Waals surface area contributed by atoms with Crippen molar-refractivity contribution in [3.63, 3.8) is 0 Å². The number of rotatable bonds is 3. The number of carbonyl (C=O) groups is 1. The molecule has 1 saturated heterocycles. The first-order valence-electron chi connectivity index (χ1n) is 4.76. The van der Waals surface area contributed by atoms with Crippen LogP contribution in [0.3, 0.4) is 0 Å². The molecule has 0 radical (unpaired) electrons. The Morgan fingerprint density at radius 3 is 3.21 bits per heavy atom. The van der Waals surface area contributed by atoms with Crippen LogP contribution in [0.2, 0.25) is 0 Å². The van der Waals surface area contributed by atoms with Gasteiger partial charge in [-0.2, -0.15) is 5.10 Å². The van der Waals surface area contributed by atoms with E-state index < -0.39 is 0 Å². The van der Waals surface area contributed by atoms with Gasteiger partial charge >= 0.3 is 0 Å². The van der Waals surface area contributed by atoms with Crippen molar-refractivity contribution in [3.05, 3.63) is 12.4 Å². The second-order valence-corrected chi connectivity index (χ2v) is 3.59. The maximum Gasteiger partial charge on any atom is 0.220 e. The standard InChI is InChI=1S/C9H14N4O/c1-13-6-8(5-11-13)10-4-7-2-3-9(14)12-7/h5-7,10H,2-4H2,1H3,(H,12,14). The van der Waals surface area contributed by atoms with Crippen LogP contribution in [0, 0.1) is 0 Å². The van der Waals surface area contributed by atoms with Gasteiger partial charge in [-0.25, -0.2) is 0 Å². The first kappa shape index (κ1) is 9.05. The molecular weight excluding hydrogens is 180 g/mol. The van der Waals surface area contributed by atoms with Gasteiger partial charge < -0.3 is 10.6 Å². The minimum atomic E-state index is 0.156. The van der Waals surface area contributed by atoms with Crippen molar-refractivity contribution in [3.8, 4) is 0 Å². The smallest absolute Gasteiger partial charge is 0.220 e. The lowest BCUT2D eigenvalue weighted by Crippen LogP contribution is -2.31. The maximum atomic E-state index is 10.9. The van der Waals surface area contributed by atoms with Gasteiger partial charge in [0, 0.05) is 32.3 Å². The molecule has 5 nitrogen and oxygen atoms in total. The zero-order chi connectivity index (χ0) is 9.97. The Bertz CT molecular complexity index is 333. The molecular formula is C9H14N4O. The summed E-state index contributed by atoms with van der Waals surface area (Å²) in [5, 5.41) is 10.2. The molecule has 1 amide bonds. The Balaban J connectivity index is 1.80. The Kier molecular flexibility index (Phi) is 2.39. The largest absolute Gasteiger partial charge is 0.380 e. The van der Waals surface area contributed by atoms with Crippen molar-refractivity contribution in [2.75, 3.05) is 11.9 Å². The van der Waals surface area contributed by atoms with Crippen LogP contribution < -0.4 is 10.6 Å². The molecule has 14 heavy (non-hydrogen) atoms. The molecule has 1 aromatic rings. The third kappa shape index (κ3) is 2.04. The van der Waals surface area contributed by atoms with Crippen LogP contribution in [0.25, 0.3) is 0 Å². The summed E-state index contributed by atoms with van der Waals surface area (Å²) in [6.45, 7) is 0.775. The van der Waals surface area contributed by atoms with Gasteiger partial charge in [-0.3, -0.25) is 9.48 Å². The number of anilines is 1. The van der Waals surface area contributed by atoms with E-state index in [4.69, 9.17) is 0 Å². The lowest BCUT2D eigenvalue weighted by molar-refractivity contribution is -0.119. The van der Waals surface area contributed by atoms with Crippen molar-refractivity contribution in [2.24, 2.45) is 7.05 Å². The first-order chi connectivity index (χ1) is 6.74. The van der Waals surface area contributed by atoms with Crippen molar-refractivity contribution in [1.29, 1.82) is 0 Å². The minimum absolute atomic E-state index is 0.156. The highest BCUT2D eigenvalue weighted by molar-refractivity contribution is 5.78. The van der Waals surface area contributed by atoms with Crippen LogP contribution in [0.4, 0.5) is 5.69 Å². The number of aromatic nitrogens is 2. The van der Waals surface area contributed by atoms with E-state index in [1.54, 1.807) is 10.9 Å². The molecule has 1 aromatic heterocycles. The fourth-order valence-electron chi connectivity index (χ4n) is 1.58. The van der Waals surface area contributed by atoms with Gasteiger partial charge in [0.05, 0.1) is 11.9 Å². The summed E-state index contributed by atoms with van der Waals surface area (Å²) in [5.41, 5.74) is 0.994. The first-order valence-corrected chi connectivity index (χ1v) is 4.76. The fourth-order valence-corrected chi connectivity index (χ4v) is 1.58. The number of hydrogen-bond donors (Lipinski definition) is 2. The molecule has 5 heteroatoms. The molecule has 1 unspecified atom stereocenters. The van der Waals surface area contributed by atoms with Gasteiger partial charge in [0.1, 0.15) is 0 Å². The topological polar surface area (TPSA) is 59.0 Å². The van der Waals surface area contributed by atoms with Crippen molar-refractivity contribution in [1.82, 2.24) is 15.1 Å². The zero-order valence-corrected chi connectivity index (χ0v) is 8.16. The maximum absolute atomic E-state index is 10.9. The molecule has 1 fully saturated rings. The summed E-state index contributed by atoms with van der Waals surface area (Å²) in [4.78, 5) is 10.9. The van der Waals surface area contributed by atoms with E-state index in [-0.39, 0.29) is 11.9 Å².